The van der Waals surface area contributed by atoms with Crippen LogP contribution in [-0.4, -0.2) is 107 Å². The second-order valence-corrected chi connectivity index (χ2v) is 12.3. The Labute approximate surface area is 307 Å². The second-order valence-electron chi connectivity index (χ2n) is 12.3. The summed E-state index contributed by atoms with van der Waals surface area (Å²) in [6.45, 7) is 8.21. The van der Waals surface area contributed by atoms with E-state index in [0.717, 1.165) is 16.7 Å². The van der Waals surface area contributed by atoms with E-state index >= 15 is 0 Å². The van der Waals surface area contributed by atoms with Crippen LogP contribution in [0.3, 0.4) is 0 Å². The summed E-state index contributed by atoms with van der Waals surface area (Å²) >= 11 is 0. The molecule has 0 radical (unpaired) electrons. The number of nitrogens with zero attached hydrogens (tertiary/aromatic N) is 1. The van der Waals surface area contributed by atoms with Crippen molar-refractivity contribution in [3.63, 3.8) is 0 Å². The van der Waals surface area contributed by atoms with Crippen LogP contribution < -0.4 is 0 Å². The van der Waals surface area contributed by atoms with E-state index in [2.05, 4.69) is 0 Å². The third-order valence-corrected chi connectivity index (χ3v) is 8.79. The van der Waals surface area contributed by atoms with Crippen LogP contribution in [0.2, 0.25) is 0 Å². The molecule has 4 rings (SSSR count). The SMILES string of the molecule is CCOCCO[C@@H]1[C@@H](OCc2ccccc2)[C@H](OCCOCC)[C@H](OCc2ccccc2)[C@](COCc2ccccc2)([N+](=O)[O-])[C@H]1OCCOCC. The first kappa shape index (κ1) is 41.5. The lowest BCUT2D eigenvalue weighted by Gasteiger charge is -2.51. The van der Waals surface area contributed by atoms with Crippen molar-refractivity contribution >= 4 is 0 Å². The summed E-state index contributed by atoms with van der Waals surface area (Å²) in [6, 6.07) is 28.7. The quantitative estimate of drug-likeness (QED) is 0.0578. The van der Waals surface area contributed by atoms with Crippen LogP contribution >= 0.6 is 0 Å². The van der Waals surface area contributed by atoms with Crippen molar-refractivity contribution in [3.8, 4) is 0 Å². The fourth-order valence-corrected chi connectivity index (χ4v) is 6.31. The van der Waals surface area contributed by atoms with Gasteiger partial charge in [-0.25, -0.2) is 0 Å². The topological polar surface area (TPSA) is 126 Å². The Morgan fingerprint density at radius 3 is 1.35 bits per heavy atom. The molecule has 0 bridgehead atoms. The molecule has 12 heteroatoms. The molecule has 0 aliphatic heterocycles. The largest absolute Gasteiger partial charge is 0.379 e. The summed E-state index contributed by atoms with van der Waals surface area (Å²) in [6.07, 6.45) is -5.30. The zero-order chi connectivity index (χ0) is 36.9. The van der Waals surface area contributed by atoms with Gasteiger partial charge in [-0.3, -0.25) is 10.1 Å². The van der Waals surface area contributed by atoms with Crippen molar-refractivity contribution in [2.75, 3.05) is 66.1 Å². The highest BCUT2D eigenvalue weighted by atomic mass is 16.7. The maximum atomic E-state index is 13.9. The summed E-state index contributed by atoms with van der Waals surface area (Å²) in [5, 5.41) is 13.9. The molecule has 1 fully saturated rings. The van der Waals surface area contributed by atoms with Crippen molar-refractivity contribution in [2.24, 2.45) is 0 Å². The van der Waals surface area contributed by atoms with Crippen LogP contribution in [0.1, 0.15) is 37.5 Å². The number of hydrogen-bond acceptors (Lipinski definition) is 11. The lowest BCUT2D eigenvalue weighted by atomic mass is 9.72. The van der Waals surface area contributed by atoms with Crippen LogP contribution in [0.5, 0.6) is 0 Å². The van der Waals surface area contributed by atoms with Gasteiger partial charge in [-0.15, -0.1) is 0 Å². The van der Waals surface area contributed by atoms with Gasteiger partial charge in [0, 0.05) is 24.7 Å². The van der Waals surface area contributed by atoms with Crippen LogP contribution in [0, 0.1) is 10.1 Å². The Hall–Kier alpha value is -3.30. The molecule has 0 aromatic heterocycles. The lowest BCUT2D eigenvalue weighted by molar-refractivity contribution is -0.615. The molecule has 0 unspecified atom stereocenters. The molecular formula is C40H55NO11. The fourth-order valence-electron chi connectivity index (χ4n) is 6.31. The molecule has 3 aromatic rings. The van der Waals surface area contributed by atoms with Gasteiger partial charge >= 0.3 is 5.54 Å². The third-order valence-electron chi connectivity index (χ3n) is 8.79. The van der Waals surface area contributed by atoms with Gasteiger partial charge in [0.25, 0.3) is 0 Å². The first-order chi connectivity index (χ1) is 25.5. The van der Waals surface area contributed by atoms with Gasteiger partial charge in [0.1, 0.15) is 24.9 Å². The van der Waals surface area contributed by atoms with Crippen molar-refractivity contribution in [1.82, 2.24) is 0 Å². The van der Waals surface area contributed by atoms with Crippen LogP contribution in [0.15, 0.2) is 91.0 Å². The van der Waals surface area contributed by atoms with E-state index in [4.69, 9.17) is 42.6 Å². The maximum Gasteiger partial charge on any atom is 0.301 e. The highest BCUT2D eigenvalue weighted by molar-refractivity contribution is 5.18. The number of hydrogen-bond donors (Lipinski definition) is 0. The molecule has 0 spiro atoms. The van der Waals surface area contributed by atoms with Crippen LogP contribution in [-0.2, 0) is 62.5 Å². The maximum absolute atomic E-state index is 13.9. The number of ether oxygens (including phenoxy) is 9. The minimum Gasteiger partial charge on any atom is -0.379 e. The monoisotopic (exact) mass is 725 g/mol. The molecule has 1 aliphatic rings. The molecule has 12 nitrogen and oxygen atoms in total. The lowest BCUT2D eigenvalue weighted by Crippen LogP contribution is -2.77. The molecule has 286 valence electrons. The normalized spacial score (nSPS) is 23.1. The van der Waals surface area contributed by atoms with Crippen molar-refractivity contribution < 1.29 is 47.6 Å². The first-order valence-electron chi connectivity index (χ1n) is 18.2. The zero-order valence-corrected chi connectivity index (χ0v) is 30.7. The Morgan fingerprint density at radius 2 is 0.904 bits per heavy atom. The van der Waals surface area contributed by atoms with E-state index in [1.165, 1.54) is 0 Å². The van der Waals surface area contributed by atoms with Gasteiger partial charge in [-0.05, 0) is 37.5 Å². The molecule has 6 atom stereocenters. The molecule has 1 aliphatic carbocycles. The Balaban J connectivity index is 1.84. The molecule has 52 heavy (non-hydrogen) atoms. The molecule has 1 saturated carbocycles. The van der Waals surface area contributed by atoms with Gasteiger partial charge in [0.2, 0.25) is 0 Å². The molecule has 0 amide bonds. The molecule has 0 N–H and O–H groups in total. The summed E-state index contributed by atoms with van der Waals surface area (Å²) in [5.41, 5.74) is 0.597. The standard InChI is InChI=1S/C40H55NO11/c1-4-44-22-25-48-36-35(51-29-33-18-12-8-13-19-33)37(49-26-23-45-5-2)39(52-30-34-20-14-9-15-21-34)40(41(42)43,38(36)50-27-24-46-6-3)31-47-28-32-16-10-7-11-17-32/h7-21,35-39H,4-6,22-31H2,1-3H3/t35-,36-,37+,38+,39+,40-/m1/s1. The van der Waals surface area contributed by atoms with Gasteiger partial charge in [0.15, 0.2) is 12.2 Å². The van der Waals surface area contributed by atoms with Crippen LogP contribution in [0.25, 0.3) is 0 Å². The predicted octanol–water partition coefficient (Wildman–Crippen LogP) is 5.67. The van der Waals surface area contributed by atoms with Crippen LogP contribution in [0.4, 0.5) is 0 Å². The van der Waals surface area contributed by atoms with E-state index in [-0.39, 0.29) is 71.0 Å². The number of benzene rings is 3. The summed E-state index contributed by atoms with van der Waals surface area (Å²) in [4.78, 5) is 13.6. The highest BCUT2D eigenvalue weighted by Gasteiger charge is 2.71. The molecular weight excluding hydrogens is 670 g/mol. The van der Waals surface area contributed by atoms with Gasteiger partial charge < -0.3 is 42.6 Å². The second kappa shape index (κ2) is 23.4. The van der Waals surface area contributed by atoms with E-state index in [1.54, 1.807) is 0 Å². The minimum atomic E-state index is -2.02. The fraction of sp³-hybridized carbons (Fsp3) is 0.550. The van der Waals surface area contributed by atoms with E-state index in [1.807, 2.05) is 112 Å². The first-order valence-corrected chi connectivity index (χ1v) is 18.2. The highest BCUT2D eigenvalue weighted by Crippen LogP contribution is 2.42. The third kappa shape index (κ3) is 12.1. The molecule has 3 aromatic carbocycles. The predicted molar refractivity (Wildman–Crippen MR) is 195 cm³/mol. The Kier molecular flexibility index (Phi) is 18.6. The van der Waals surface area contributed by atoms with Crippen molar-refractivity contribution in [2.45, 2.75) is 76.7 Å². The van der Waals surface area contributed by atoms with Gasteiger partial charge in [-0.1, -0.05) is 91.0 Å². The zero-order valence-electron chi connectivity index (χ0n) is 30.7. The Bertz CT molecular complexity index is 1370. The number of rotatable bonds is 26. The minimum absolute atomic E-state index is 0.0603. The molecule has 0 saturated heterocycles. The van der Waals surface area contributed by atoms with Gasteiger partial charge in [-0.2, -0.15) is 0 Å². The summed E-state index contributed by atoms with van der Waals surface area (Å²) in [5.74, 6) is 0. The number of nitro groups is 1. The summed E-state index contributed by atoms with van der Waals surface area (Å²) < 4.78 is 56.2. The van der Waals surface area contributed by atoms with Crippen molar-refractivity contribution in [1.29, 1.82) is 0 Å². The van der Waals surface area contributed by atoms with Gasteiger partial charge in [0.05, 0.1) is 59.5 Å². The molecule has 0 heterocycles. The van der Waals surface area contributed by atoms with E-state index < -0.39 is 36.1 Å². The average molecular weight is 726 g/mol. The average Bonchev–Trinajstić information content (AvgIpc) is 3.17. The smallest absolute Gasteiger partial charge is 0.301 e. The van der Waals surface area contributed by atoms with E-state index in [9.17, 15) is 10.1 Å². The Morgan fingerprint density at radius 1 is 0.500 bits per heavy atom. The van der Waals surface area contributed by atoms with Crippen molar-refractivity contribution in [3.05, 3.63) is 118 Å². The van der Waals surface area contributed by atoms with E-state index in [0.29, 0.717) is 19.8 Å². The summed E-state index contributed by atoms with van der Waals surface area (Å²) in [7, 11) is 0.